The van der Waals surface area contributed by atoms with Crippen molar-refractivity contribution in [3.8, 4) is 0 Å². The molecule has 1 fully saturated rings. The van der Waals surface area contributed by atoms with Crippen LogP contribution in [0.15, 0.2) is 22.9 Å². The fourth-order valence-electron chi connectivity index (χ4n) is 1.84. The van der Waals surface area contributed by atoms with Crippen LogP contribution >= 0.6 is 15.9 Å². The third-order valence-electron chi connectivity index (χ3n) is 2.98. The highest BCUT2D eigenvalue weighted by Crippen LogP contribution is 2.15. The SMILES string of the molecule is CC1CNCC(C)C1O.Cc1ccnc(Br)c1. The molecule has 0 amide bonds. The van der Waals surface area contributed by atoms with E-state index in [9.17, 15) is 5.11 Å². The molecule has 1 aliphatic rings. The number of aromatic nitrogens is 1. The topological polar surface area (TPSA) is 45.1 Å². The molecule has 96 valence electrons. The summed E-state index contributed by atoms with van der Waals surface area (Å²) in [5.74, 6) is 0.850. The van der Waals surface area contributed by atoms with E-state index in [1.54, 1.807) is 6.20 Å². The predicted octanol–water partition coefficient (Wildman–Crippen LogP) is 2.38. The van der Waals surface area contributed by atoms with Gasteiger partial charge in [-0.15, -0.1) is 0 Å². The van der Waals surface area contributed by atoms with Gasteiger partial charge < -0.3 is 10.4 Å². The smallest absolute Gasteiger partial charge is 0.106 e. The molecular weight excluding hydrogens is 280 g/mol. The Kier molecular flexibility index (Phi) is 6.09. The van der Waals surface area contributed by atoms with Gasteiger partial charge in [-0.2, -0.15) is 0 Å². The number of hydrogen-bond acceptors (Lipinski definition) is 3. The van der Waals surface area contributed by atoms with Crippen molar-refractivity contribution in [2.45, 2.75) is 26.9 Å². The largest absolute Gasteiger partial charge is 0.392 e. The third kappa shape index (κ3) is 5.15. The van der Waals surface area contributed by atoms with Crippen LogP contribution in [0, 0.1) is 18.8 Å². The molecule has 4 heteroatoms. The first-order chi connectivity index (χ1) is 8.00. The lowest BCUT2D eigenvalue weighted by atomic mass is 9.90. The average Bonchev–Trinajstić information content (AvgIpc) is 2.26. The zero-order chi connectivity index (χ0) is 12.8. The molecule has 0 saturated carbocycles. The number of pyridine rings is 1. The number of rotatable bonds is 0. The molecule has 0 bridgehead atoms. The van der Waals surface area contributed by atoms with Gasteiger partial charge in [-0.25, -0.2) is 4.98 Å². The minimum atomic E-state index is -0.0914. The Balaban J connectivity index is 0.000000171. The van der Waals surface area contributed by atoms with Crippen molar-refractivity contribution in [1.82, 2.24) is 10.3 Å². The summed E-state index contributed by atoms with van der Waals surface area (Å²) in [6.45, 7) is 8.12. The summed E-state index contributed by atoms with van der Waals surface area (Å²) in [5.41, 5.74) is 1.23. The van der Waals surface area contributed by atoms with Gasteiger partial charge in [-0.1, -0.05) is 13.8 Å². The van der Waals surface area contributed by atoms with Crippen LogP contribution in [0.1, 0.15) is 19.4 Å². The highest BCUT2D eigenvalue weighted by Gasteiger charge is 2.24. The molecule has 1 aliphatic heterocycles. The fourth-order valence-corrected chi connectivity index (χ4v) is 2.32. The van der Waals surface area contributed by atoms with Gasteiger partial charge in [0.05, 0.1) is 6.10 Å². The number of aryl methyl sites for hydroxylation is 1. The number of halogens is 1. The maximum Gasteiger partial charge on any atom is 0.106 e. The first kappa shape index (κ1) is 14.6. The van der Waals surface area contributed by atoms with Crippen LogP contribution in [-0.4, -0.2) is 29.3 Å². The van der Waals surface area contributed by atoms with Crippen LogP contribution in [0.3, 0.4) is 0 Å². The average molecular weight is 301 g/mol. The molecule has 1 aromatic rings. The lowest BCUT2D eigenvalue weighted by Crippen LogP contribution is -2.44. The maximum atomic E-state index is 9.41. The van der Waals surface area contributed by atoms with Gasteiger partial charge in [-0.05, 0) is 52.4 Å². The summed E-state index contributed by atoms with van der Waals surface area (Å²) in [6, 6.07) is 3.94. The Morgan fingerprint density at radius 3 is 2.29 bits per heavy atom. The highest BCUT2D eigenvalue weighted by atomic mass is 79.9. The molecular formula is C13H21BrN2O. The molecule has 17 heavy (non-hydrogen) atoms. The van der Waals surface area contributed by atoms with Crippen molar-refractivity contribution in [3.63, 3.8) is 0 Å². The second kappa shape index (κ2) is 7.09. The monoisotopic (exact) mass is 300 g/mol. The molecule has 2 unspecified atom stereocenters. The van der Waals surface area contributed by atoms with E-state index in [0.717, 1.165) is 17.7 Å². The van der Waals surface area contributed by atoms with E-state index in [1.165, 1.54) is 5.56 Å². The number of piperidine rings is 1. The molecule has 0 aliphatic carbocycles. The molecule has 2 rings (SSSR count). The van der Waals surface area contributed by atoms with E-state index >= 15 is 0 Å². The number of hydrogen-bond donors (Lipinski definition) is 2. The normalized spacial score (nSPS) is 28.2. The van der Waals surface area contributed by atoms with E-state index in [0.29, 0.717) is 11.8 Å². The fraction of sp³-hybridized carbons (Fsp3) is 0.615. The zero-order valence-electron chi connectivity index (χ0n) is 10.7. The molecule has 0 aromatic carbocycles. The summed E-state index contributed by atoms with van der Waals surface area (Å²) < 4.78 is 0.900. The van der Waals surface area contributed by atoms with Crippen LogP contribution in [-0.2, 0) is 0 Å². The zero-order valence-corrected chi connectivity index (χ0v) is 12.2. The van der Waals surface area contributed by atoms with Crippen molar-refractivity contribution in [2.24, 2.45) is 11.8 Å². The quantitative estimate of drug-likeness (QED) is 0.723. The van der Waals surface area contributed by atoms with Crippen LogP contribution in [0.2, 0.25) is 0 Å². The Bertz CT molecular complexity index is 319. The first-order valence-electron chi connectivity index (χ1n) is 5.97. The van der Waals surface area contributed by atoms with Crippen LogP contribution in [0.4, 0.5) is 0 Å². The standard InChI is InChI=1S/C7H15NO.C6H6BrN/c1-5-3-8-4-6(2)7(5)9;1-5-2-3-8-6(7)4-5/h5-9H,3-4H2,1-2H3;2-4H,1H3. The number of nitrogens with one attached hydrogen (secondary N) is 1. The van der Waals surface area contributed by atoms with E-state index in [2.05, 4.69) is 40.1 Å². The lowest BCUT2D eigenvalue weighted by Gasteiger charge is -2.30. The number of aliphatic hydroxyl groups is 1. The van der Waals surface area contributed by atoms with E-state index in [1.807, 2.05) is 19.1 Å². The Morgan fingerprint density at radius 1 is 1.35 bits per heavy atom. The number of aliphatic hydroxyl groups excluding tert-OH is 1. The van der Waals surface area contributed by atoms with E-state index in [4.69, 9.17) is 0 Å². The minimum Gasteiger partial charge on any atom is -0.392 e. The van der Waals surface area contributed by atoms with Gasteiger partial charge in [0, 0.05) is 19.3 Å². The van der Waals surface area contributed by atoms with E-state index in [-0.39, 0.29) is 6.10 Å². The molecule has 0 spiro atoms. The first-order valence-corrected chi connectivity index (χ1v) is 6.77. The Labute approximate surface area is 112 Å². The van der Waals surface area contributed by atoms with Crippen molar-refractivity contribution in [2.75, 3.05) is 13.1 Å². The molecule has 1 aromatic heterocycles. The van der Waals surface area contributed by atoms with Gasteiger partial charge in [0.2, 0.25) is 0 Å². The molecule has 3 nitrogen and oxygen atoms in total. The molecule has 2 atom stereocenters. The molecule has 2 heterocycles. The van der Waals surface area contributed by atoms with Crippen LogP contribution < -0.4 is 5.32 Å². The van der Waals surface area contributed by atoms with Crippen LogP contribution in [0.5, 0.6) is 0 Å². The summed E-state index contributed by atoms with van der Waals surface area (Å²) in [5, 5.41) is 12.7. The lowest BCUT2D eigenvalue weighted by molar-refractivity contribution is 0.0434. The van der Waals surface area contributed by atoms with Crippen molar-refractivity contribution in [1.29, 1.82) is 0 Å². The summed E-state index contributed by atoms with van der Waals surface area (Å²) in [4.78, 5) is 3.96. The minimum absolute atomic E-state index is 0.0914. The Morgan fingerprint density at radius 2 is 1.94 bits per heavy atom. The van der Waals surface area contributed by atoms with Crippen molar-refractivity contribution >= 4 is 15.9 Å². The van der Waals surface area contributed by atoms with Gasteiger partial charge in [0.15, 0.2) is 0 Å². The third-order valence-corrected chi connectivity index (χ3v) is 3.41. The summed E-state index contributed by atoms with van der Waals surface area (Å²) in [6.07, 6.45) is 1.69. The highest BCUT2D eigenvalue weighted by molar-refractivity contribution is 9.10. The van der Waals surface area contributed by atoms with Gasteiger partial charge in [0.1, 0.15) is 4.60 Å². The van der Waals surface area contributed by atoms with Gasteiger partial charge >= 0.3 is 0 Å². The van der Waals surface area contributed by atoms with Gasteiger partial charge in [0.25, 0.3) is 0 Å². The number of nitrogens with zero attached hydrogens (tertiary/aromatic N) is 1. The second-order valence-corrected chi connectivity index (χ2v) is 5.57. The molecule has 2 N–H and O–H groups in total. The van der Waals surface area contributed by atoms with Crippen molar-refractivity contribution < 1.29 is 5.11 Å². The van der Waals surface area contributed by atoms with Crippen molar-refractivity contribution in [3.05, 3.63) is 28.5 Å². The summed E-state index contributed by atoms with van der Waals surface area (Å²) >= 11 is 3.25. The van der Waals surface area contributed by atoms with E-state index < -0.39 is 0 Å². The Hall–Kier alpha value is -0.450. The molecule has 0 radical (unpaired) electrons. The van der Waals surface area contributed by atoms with Gasteiger partial charge in [-0.3, -0.25) is 0 Å². The summed E-state index contributed by atoms with van der Waals surface area (Å²) in [7, 11) is 0. The second-order valence-electron chi connectivity index (χ2n) is 4.76. The predicted molar refractivity (Wildman–Crippen MR) is 73.9 cm³/mol. The van der Waals surface area contributed by atoms with Crippen LogP contribution in [0.25, 0.3) is 0 Å². The molecule has 1 saturated heterocycles. The maximum absolute atomic E-state index is 9.41.